The third-order valence-electron chi connectivity index (χ3n) is 0.352. The van der Waals surface area contributed by atoms with Crippen molar-refractivity contribution >= 4 is 43.0 Å². The first-order valence-electron chi connectivity index (χ1n) is 3.02. The van der Waals surface area contributed by atoms with E-state index in [1.165, 1.54) is 6.92 Å². The summed E-state index contributed by atoms with van der Waals surface area (Å²) in [5, 5.41) is 2.39. The lowest BCUT2D eigenvalue weighted by Crippen LogP contribution is -2.11. The van der Waals surface area contributed by atoms with Crippen LogP contribution in [0.4, 0.5) is 0 Å². The number of rotatable bonds is 0. The van der Waals surface area contributed by atoms with Crippen LogP contribution in [0, 0.1) is 0 Å². The van der Waals surface area contributed by atoms with E-state index in [2.05, 4.69) is 28.9 Å². The SMILES string of the molecule is CNC(C)=O.OP(O)(O)=S.OP(O)(O)=S. The van der Waals surface area contributed by atoms with Crippen molar-refractivity contribution in [2.45, 2.75) is 6.92 Å². The van der Waals surface area contributed by atoms with E-state index in [-0.39, 0.29) is 5.91 Å². The number of amides is 1. The molecule has 0 bridgehead atoms. The van der Waals surface area contributed by atoms with Gasteiger partial charge in [-0.3, -0.25) is 4.79 Å². The Bertz CT molecular complexity index is 222. The average molecular weight is 301 g/mol. The standard InChI is InChI=1S/C3H7NO.2H3O3PS/c1-3(5)4-2;2*1-4(2,3)5/h1-2H3,(H,4,5);2*(H3,1,2,3,5). The van der Waals surface area contributed by atoms with Gasteiger partial charge in [0.2, 0.25) is 5.91 Å². The number of hydrogen-bond donors (Lipinski definition) is 7. The predicted molar refractivity (Wildman–Crippen MR) is 61.6 cm³/mol. The quantitative estimate of drug-likeness (QED) is 0.255. The van der Waals surface area contributed by atoms with Crippen molar-refractivity contribution in [2.24, 2.45) is 0 Å². The van der Waals surface area contributed by atoms with Crippen LogP contribution >= 0.6 is 13.4 Å². The molecule has 0 fully saturated rings. The molecule has 0 atom stereocenters. The fourth-order valence-electron chi connectivity index (χ4n) is 0. The summed E-state index contributed by atoms with van der Waals surface area (Å²) in [5.41, 5.74) is 0. The van der Waals surface area contributed by atoms with Crippen LogP contribution in [0.15, 0.2) is 0 Å². The minimum Gasteiger partial charge on any atom is -0.359 e. The topological polar surface area (TPSA) is 150 Å². The Morgan fingerprint density at radius 2 is 1.07 bits per heavy atom. The molecule has 0 rings (SSSR count). The number of carbonyl (C=O) groups excluding carboxylic acids is 1. The second-order valence-corrected chi connectivity index (χ2v) is 6.83. The molecule has 0 aliphatic rings. The maximum Gasteiger partial charge on any atom is 0.319 e. The van der Waals surface area contributed by atoms with E-state index < -0.39 is 13.4 Å². The molecule has 0 aromatic heterocycles. The Labute approximate surface area is 96.7 Å². The van der Waals surface area contributed by atoms with Gasteiger partial charge in [-0.2, -0.15) is 0 Å². The van der Waals surface area contributed by atoms with Crippen molar-refractivity contribution < 1.29 is 34.2 Å². The summed E-state index contributed by atoms with van der Waals surface area (Å²) in [4.78, 5) is 55.0. The third kappa shape index (κ3) is 356. The van der Waals surface area contributed by atoms with Crippen molar-refractivity contribution in [3.05, 3.63) is 0 Å². The number of carbonyl (C=O) groups is 1. The number of nitrogens with one attached hydrogen (secondary N) is 1. The third-order valence-corrected chi connectivity index (χ3v) is 0.352. The van der Waals surface area contributed by atoms with Crippen LogP contribution in [0.25, 0.3) is 0 Å². The molecule has 0 aliphatic heterocycles. The summed E-state index contributed by atoms with van der Waals surface area (Å²) in [6, 6.07) is 0. The fourth-order valence-corrected chi connectivity index (χ4v) is 0. The van der Waals surface area contributed by atoms with Crippen LogP contribution in [-0.4, -0.2) is 42.3 Å². The van der Waals surface area contributed by atoms with Gasteiger partial charge in [0.05, 0.1) is 0 Å². The summed E-state index contributed by atoms with van der Waals surface area (Å²) in [7, 11) is 1.60. The minimum atomic E-state index is -3.81. The second kappa shape index (κ2) is 9.73. The molecule has 0 radical (unpaired) electrons. The van der Waals surface area contributed by atoms with E-state index in [0.717, 1.165) is 0 Å². The van der Waals surface area contributed by atoms with E-state index in [1.54, 1.807) is 7.05 Å². The van der Waals surface area contributed by atoms with E-state index in [1.807, 2.05) is 0 Å². The van der Waals surface area contributed by atoms with E-state index in [4.69, 9.17) is 29.4 Å². The Morgan fingerprint density at radius 1 is 1.00 bits per heavy atom. The molecule has 0 spiro atoms. The molecule has 0 saturated carbocycles. The Balaban J connectivity index is -0.000000144. The maximum atomic E-state index is 9.70. The molecule has 8 nitrogen and oxygen atoms in total. The first-order valence-corrected chi connectivity index (χ1v) is 8.34. The molecular formula is C3H13NO7P2S2. The molecule has 0 aliphatic carbocycles. The number of hydrogen-bond acceptors (Lipinski definition) is 3. The van der Waals surface area contributed by atoms with Gasteiger partial charge in [-0.05, 0) is 23.6 Å². The van der Waals surface area contributed by atoms with Crippen molar-refractivity contribution in [3.8, 4) is 0 Å². The summed E-state index contributed by atoms with van der Waals surface area (Å²) in [6.45, 7) is -6.14. The molecule has 0 aromatic rings. The van der Waals surface area contributed by atoms with Gasteiger partial charge < -0.3 is 34.7 Å². The van der Waals surface area contributed by atoms with Crippen molar-refractivity contribution in [2.75, 3.05) is 7.05 Å². The fraction of sp³-hybridized carbons (Fsp3) is 0.667. The zero-order valence-corrected chi connectivity index (χ0v) is 11.2. The first kappa shape index (κ1) is 20.9. The van der Waals surface area contributed by atoms with E-state index in [9.17, 15) is 4.79 Å². The van der Waals surface area contributed by atoms with Crippen LogP contribution in [0.1, 0.15) is 6.92 Å². The maximum absolute atomic E-state index is 9.70. The molecule has 94 valence electrons. The van der Waals surface area contributed by atoms with E-state index in [0.29, 0.717) is 0 Å². The highest BCUT2D eigenvalue weighted by molar-refractivity contribution is 8.06. The molecule has 12 heteroatoms. The largest absolute Gasteiger partial charge is 0.359 e. The van der Waals surface area contributed by atoms with Crippen molar-refractivity contribution in [3.63, 3.8) is 0 Å². The lowest BCUT2D eigenvalue weighted by Gasteiger charge is -1.88. The molecule has 15 heavy (non-hydrogen) atoms. The molecule has 0 unspecified atom stereocenters. The molecular weight excluding hydrogens is 288 g/mol. The van der Waals surface area contributed by atoms with Gasteiger partial charge in [-0.25, -0.2) is 0 Å². The smallest absolute Gasteiger partial charge is 0.319 e. The highest BCUT2D eigenvalue weighted by atomic mass is 32.5. The minimum absolute atomic E-state index is 0.00463. The van der Waals surface area contributed by atoms with Crippen LogP contribution in [-0.2, 0) is 28.4 Å². The summed E-state index contributed by atoms with van der Waals surface area (Å²) in [5.74, 6) is 0.00463. The van der Waals surface area contributed by atoms with Crippen LogP contribution in [0.5, 0.6) is 0 Å². The van der Waals surface area contributed by atoms with Gasteiger partial charge in [0.15, 0.2) is 0 Å². The van der Waals surface area contributed by atoms with Crippen molar-refractivity contribution in [1.82, 2.24) is 5.32 Å². The Hall–Kier alpha value is 0.530. The van der Waals surface area contributed by atoms with Gasteiger partial charge in [0.1, 0.15) is 0 Å². The van der Waals surface area contributed by atoms with Crippen LogP contribution in [0.2, 0.25) is 0 Å². The van der Waals surface area contributed by atoms with Crippen LogP contribution < -0.4 is 5.32 Å². The normalized spacial score (nSPS) is 10.1. The van der Waals surface area contributed by atoms with Gasteiger partial charge in [0.25, 0.3) is 0 Å². The molecule has 0 aromatic carbocycles. The highest BCUT2D eigenvalue weighted by Crippen LogP contribution is 2.26. The monoisotopic (exact) mass is 301 g/mol. The highest BCUT2D eigenvalue weighted by Gasteiger charge is 1.92. The van der Waals surface area contributed by atoms with Gasteiger partial charge in [-0.15, -0.1) is 0 Å². The average Bonchev–Trinajstić information content (AvgIpc) is 1.79. The van der Waals surface area contributed by atoms with Gasteiger partial charge in [-0.1, -0.05) is 0 Å². The first-order chi connectivity index (χ1) is 6.27. The predicted octanol–water partition coefficient (Wildman–Crippen LogP) is -1.87. The van der Waals surface area contributed by atoms with Gasteiger partial charge in [0, 0.05) is 14.0 Å². The van der Waals surface area contributed by atoms with E-state index >= 15 is 0 Å². The summed E-state index contributed by atoms with van der Waals surface area (Å²) >= 11 is 7.21. The zero-order chi connectivity index (χ0) is 13.3. The Kier molecular flexibility index (Phi) is 13.6. The lowest BCUT2D eigenvalue weighted by molar-refractivity contribution is -0.118. The summed E-state index contributed by atoms with van der Waals surface area (Å²) in [6.07, 6.45) is 0. The second-order valence-electron chi connectivity index (χ2n) is 1.83. The molecule has 0 heterocycles. The summed E-state index contributed by atoms with van der Waals surface area (Å²) < 4.78 is 0. The van der Waals surface area contributed by atoms with Crippen molar-refractivity contribution in [1.29, 1.82) is 0 Å². The molecule has 7 N–H and O–H groups in total. The molecule has 1 amide bonds. The van der Waals surface area contributed by atoms with Crippen LogP contribution in [0.3, 0.4) is 0 Å². The zero-order valence-electron chi connectivity index (χ0n) is 7.80. The Morgan fingerprint density at radius 3 is 1.07 bits per heavy atom. The molecule has 0 saturated heterocycles. The van der Waals surface area contributed by atoms with Gasteiger partial charge >= 0.3 is 13.4 Å². The lowest BCUT2D eigenvalue weighted by atomic mass is 10.7.